The van der Waals surface area contributed by atoms with E-state index in [1.54, 1.807) is 12.3 Å². The van der Waals surface area contributed by atoms with Crippen LogP contribution in [0.25, 0.3) is 0 Å². The summed E-state index contributed by atoms with van der Waals surface area (Å²) in [6.45, 7) is 4.09. The molecule has 0 aliphatic rings. The minimum atomic E-state index is 0.0654. The first kappa shape index (κ1) is 11.5. The Morgan fingerprint density at radius 3 is 2.41 bits per heavy atom. The number of carbonyl (C=O) groups excluding carboxylic acids is 1. The maximum atomic E-state index is 12.0. The summed E-state index contributed by atoms with van der Waals surface area (Å²) in [6.07, 6.45) is 2.06. The fraction of sp³-hybridized carbons (Fsp3) is 0.200. The van der Waals surface area contributed by atoms with Gasteiger partial charge in [0.25, 0.3) is 0 Å². The Balaban J connectivity index is 2.19. The smallest absolute Gasteiger partial charge is 0.185 e. The third-order valence-electron chi connectivity index (χ3n) is 2.60. The fourth-order valence-corrected chi connectivity index (χ4v) is 1.97. The molecule has 2 nitrogen and oxygen atoms in total. The molecule has 0 radical (unpaired) electrons. The molecule has 0 fully saturated rings. The van der Waals surface area contributed by atoms with Crippen molar-refractivity contribution in [1.82, 2.24) is 4.98 Å². The molecule has 0 saturated carbocycles. The van der Waals surface area contributed by atoms with Crippen LogP contribution in [0.15, 0.2) is 42.6 Å². The van der Waals surface area contributed by atoms with E-state index in [0.717, 1.165) is 5.56 Å². The molecule has 0 spiro atoms. The molecule has 0 amide bonds. The average molecular weight is 225 g/mol. The first-order chi connectivity index (χ1) is 8.15. The van der Waals surface area contributed by atoms with Crippen LogP contribution in [0.5, 0.6) is 0 Å². The zero-order valence-electron chi connectivity index (χ0n) is 10.1. The van der Waals surface area contributed by atoms with Crippen molar-refractivity contribution in [3.63, 3.8) is 0 Å². The van der Waals surface area contributed by atoms with Gasteiger partial charge in [0, 0.05) is 12.6 Å². The summed E-state index contributed by atoms with van der Waals surface area (Å²) in [7, 11) is 0. The van der Waals surface area contributed by atoms with Crippen molar-refractivity contribution in [2.45, 2.75) is 20.3 Å². The Hall–Kier alpha value is -1.96. The van der Waals surface area contributed by atoms with Gasteiger partial charge in [-0.1, -0.05) is 35.4 Å². The molecular weight excluding hydrogens is 210 g/mol. The summed E-state index contributed by atoms with van der Waals surface area (Å²) in [5.74, 6) is 0.0654. The molecular formula is C15H15NO. The number of hydrogen-bond donors (Lipinski definition) is 0. The highest BCUT2D eigenvalue weighted by Gasteiger charge is 2.08. The summed E-state index contributed by atoms with van der Waals surface area (Å²) in [4.78, 5) is 16.0. The molecule has 2 heteroatoms. The summed E-state index contributed by atoms with van der Waals surface area (Å²) >= 11 is 0. The topological polar surface area (TPSA) is 30.0 Å². The van der Waals surface area contributed by atoms with Gasteiger partial charge in [0.05, 0.1) is 0 Å². The molecule has 2 aromatic rings. The van der Waals surface area contributed by atoms with Crippen molar-refractivity contribution < 1.29 is 4.79 Å². The van der Waals surface area contributed by atoms with E-state index < -0.39 is 0 Å². The van der Waals surface area contributed by atoms with Gasteiger partial charge in [-0.15, -0.1) is 0 Å². The quantitative estimate of drug-likeness (QED) is 0.751. The lowest BCUT2D eigenvalue weighted by molar-refractivity contribution is 0.0988. The molecule has 17 heavy (non-hydrogen) atoms. The van der Waals surface area contributed by atoms with Crippen LogP contribution < -0.4 is 0 Å². The first-order valence-electron chi connectivity index (χ1n) is 5.66. The highest BCUT2D eigenvalue weighted by atomic mass is 16.1. The second-order valence-electron chi connectivity index (χ2n) is 4.31. The maximum absolute atomic E-state index is 12.0. The Labute approximate surface area is 101 Å². The summed E-state index contributed by atoms with van der Waals surface area (Å²) in [5, 5.41) is 0. The van der Waals surface area contributed by atoms with E-state index in [2.05, 4.69) is 11.1 Å². The van der Waals surface area contributed by atoms with Crippen molar-refractivity contribution >= 4 is 5.78 Å². The van der Waals surface area contributed by atoms with Gasteiger partial charge in [-0.3, -0.25) is 9.78 Å². The molecule has 1 aromatic carbocycles. The largest absolute Gasteiger partial charge is 0.292 e. The highest BCUT2D eigenvalue weighted by molar-refractivity contribution is 5.95. The van der Waals surface area contributed by atoms with E-state index in [9.17, 15) is 4.79 Å². The predicted octanol–water partition coefficient (Wildman–Crippen LogP) is 3.12. The molecule has 2 rings (SSSR count). The van der Waals surface area contributed by atoms with E-state index in [0.29, 0.717) is 12.1 Å². The van der Waals surface area contributed by atoms with E-state index in [-0.39, 0.29) is 5.78 Å². The van der Waals surface area contributed by atoms with E-state index in [1.807, 2.05) is 38.1 Å². The summed E-state index contributed by atoms with van der Waals surface area (Å²) in [5.41, 5.74) is 3.97. The van der Waals surface area contributed by atoms with Crippen molar-refractivity contribution in [3.05, 3.63) is 65.0 Å². The second-order valence-corrected chi connectivity index (χ2v) is 4.31. The highest BCUT2D eigenvalue weighted by Crippen LogP contribution is 2.11. The minimum Gasteiger partial charge on any atom is -0.292 e. The van der Waals surface area contributed by atoms with Crippen molar-refractivity contribution in [3.8, 4) is 0 Å². The third kappa shape index (κ3) is 3.00. The number of ketones is 1. The Kier molecular flexibility index (Phi) is 3.33. The number of carbonyl (C=O) groups is 1. The van der Waals surface area contributed by atoms with Gasteiger partial charge in [0.2, 0.25) is 0 Å². The van der Waals surface area contributed by atoms with Gasteiger partial charge in [0.1, 0.15) is 5.69 Å². The predicted molar refractivity (Wildman–Crippen MR) is 68.2 cm³/mol. The zero-order valence-corrected chi connectivity index (χ0v) is 10.1. The van der Waals surface area contributed by atoms with E-state index in [4.69, 9.17) is 0 Å². The number of benzene rings is 1. The first-order valence-corrected chi connectivity index (χ1v) is 5.66. The van der Waals surface area contributed by atoms with E-state index in [1.165, 1.54) is 11.1 Å². The van der Waals surface area contributed by atoms with Gasteiger partial charge < -0.3 is 0 Å². The number of hydrogen-bond acceptors (Lipinski definition) is 2. The number of aryl methyl sites for hydroxylation is 2. The minimum absolute atomic E-state index is 0.0654. The van der Waals surface area contributed by atoms with Crippen LogP contribution in [0.4, 0.5) is 0 Å². The molecule has 86 valence electrons. The van der Waals surface area contributed by atoms with Crippen molar-refractivity contribution in [2.24, 2.45) is 0 Å². The fourth-order valence-electron chi connectivity index (χ4n) is 1.97. The van der Waals surface area contributed by atoms with Gasteiger partial charge >= 0.3 is 0 Å². The molecule has 0 bridgehead atoms. The van der Waals surface area contributed by atoms with Crippen molar-refractivity contribution in [1.29, 1.82) is 0 Å². The van der Waals surface area contributed by atoms with Gasteiger partial charge in [-0.25, -0.2) is 0 Å². The number of rotatable bonds is 3. The maximum Gasteiger partial charge on any atom is 0.185 e. The van der Waals surface area contributed by atoms with Crippen LogP contribution in [0.1, 0.15) is 27.2 Å². The van der Waals surface area contributed by atoms with Crippen LogP contribution in [0, 0.1) is 13.8 Å². The normalized spacial score (nSPS) is 10.2. The molecule has 1 aromatic heterocycles. The molecule has 0 atom stereocenters. The lowest BCUT2D eigenvalue weighted by Crippen LogP contribution is -2.05. The molecule has 0 unspecified atom stereocenters. The molecule has 0 N–H and O–H groups in total. The lowest BCUT2D eigenvalue weighted by atomic mass is 10.0. The van der Waals surface area contributed by atoms with Gasteiger partial charge in [-0.05, 0) is 31.5 Å². The number of nitrogens with zero attached hydrogens (tertiary/aromatic N) is 1. The number of Topliss-reactive ketones (excluding diaryl/α,β-unsaturated/α-hetero) is 1. The summed E-state index contributed by atoms with van der Waals surface area (Å²) in [6, 6.07) is 11.6. The molecule has 0 saturated heterocycles. The lowest BCUT2D eigenvalue weighted by Gasteiger charge is -2.04. The number of pyridine rings is 1. The average Bonchev–Trinajstić information content (AvgIpc) is 2.28. The van der Waals surface area contributed by atoms with Crippen LogP contribution in [0.3, 0.4) is 0 Å². The monoisotopic (exact) mass is 225 g/mol. The van der Waals surface area contributed by atoms with Gasteiger partial charge in [-0.2, -0.15) is 0 Å². The second kappa shape index (κ2) is 4.91. The Morgan fingerprint density at radius 1 is 1.12 bits per heavy atom. The Bertz CT molecular complexity index is 512. The summed E-state index contributed by atoms with van der Waals surface area (Å²) < 4.78 is 0. The van der Waals surface area contributed by atoms with E-state index >= 15 is 0 Å². The Morgan fingerprint density at radius 2 is 1.82 bits per heavy atom. The third-order valence-corrected chi connectivity index (χ3v) is 2.60. The van der Waals surface area contributed by atoms with Crippen LogP contribution in [-0.2, 0) is 6.42 Å². The molecule has 0 aliphatic carbocycles. The molecule has 1 heterocycles. The SMILES string of the molecule is Cc1cc(C)cc(CC(=O)c2ccccn2)c1. The van der Waals surface area contributed by atoms with Crippen LogP contribution in [-0.4, -0.2) is 10.8 Å². The van der Waals surface area contributed by atoms with Crippen LogP contribution in [0.2, 0.25) is 0 Å². The van der Waals surface area contributed by atoms with Crippen molar-refractivity contribution in [2.75, 3.05) is 0 Å². The standard InChI is InChI=1S/C15H15NO/c1-11-7-12(2)9-13(8-11)10-15(17)14-5-3-4-6-16-14/h3-9H,10H2,1-2H3. The van der Waals surface area contributed by atoms with Gasteiger partial charge in [0.15, 0.2) is 5.78 Å². The number of aromatic nitrogens is 1. The molecule has 0 aliphatic heterocycles. The van der Waals surface area contributed by atoms with Crippen LogP contribution >= 0.6 is 0 Å². The zero-order chi connectivity index (χ0) is 12.3.